The lowest BCUT2D eigenvalue weighted by Gasteiger charge is -2.19. The van der Waals surface area contributed by atoms with Crippen molar-refractivity contribution >= 4 is 11.6 Å². The summed E-state index contributed by atoms with van der Waals surface area (Å²) >= 11 is 0. The number of hydrogen-bond donors (Lipinski definition) is 0. The summed E-state index contributed by atoms with van der Waals surface area (Å²) in [6.07, 6.45) is 4.61. The van der Waals surface area contributed by atoms with Crippen molar-refractivity contribution in [1.29, 1.82) is 0 Å². The molecule has 0 spiro atoms. The third-order valence-corrected chi connectivity index (χ3v) is 2.97. The summed E-state index contributed by atoms with van der Waals surface area (Å²) in [4.78, 5) is 17.7. The molecule has 0 radical (unpaired) electrons. The minimum atomic E-state index is 0.141. The molecule has 0 aromatic carbocycles. The third-order valence-electron chi connectivity index (χ3n) is 2.97. The smallest absolute Gasteiger partial charge is 0.171 e. The molecule has 0 amide bonds. The zero-order valence-electron chi connectivity index (χ0n) is 10.4. The second-order valence-corrected chi connectivity index (χ2v) is 4.44. The number of Topliss-reactive ketones (excluding diaryl/α,β-unsaturated/α-hetero) is 1. The minimum absolute atomic E-state index is 0.141. The maximum Gasteiger partial charge on any atom is 0.171 e. The van der Waals surface area contributed by atoms with Crippen molar-refractivity contribution in [2.24, 2.45) is 0 Å². The Bertz CT molecular complexity index is 412. The Morgan fingerprint density at radius 3 is 2.76 bits per heavy atom. The molecule has 2 rings (SSSR count). The van der Waals surface area contributed by atoms with Crippen molar-refractivity contribution in [3.63, 3.8) is 0 Å². The lowest BCUT2D eigenvalue weighted by atomic mass is 10.1. The third kappa shape index (κ3) is 2.75. The lowest BCUT2D eigenvalue weighted by Crippen LogP contribution is -2.20. The molecule has 92 valence electrons. The van der Waals surface area contributed by atoms with Crippen LogP contribution in [0.2, 0.25) is 0 Å². The molecule has 1 aromatic rings. The number of carbonyl (C=O) groups is 1. The fourth-order valence-corrected chi connectivity index (χ4v) is 2.18. The number of carbonyl (C=O) groups excluding carboxylic acids is 1. The van der Waals surface area contributed by atoms with Gasteiger partial charge in [0.1, 0.15) is 5.78 Å². The predicted octanol–water partition coefficient (Wildman–Crippen LogP) is 1.82. The molecule has 0 N–H and O–H groups in total. The predicted molar refractivity (Wildman–Crippen MR) is 66.6 cm³/mol. The van der Waals surface area contributed by atoms with Gasteiger partial charge in [-0.1, -0.05) is 0 Å². The van der Waals surface area contributed by atoms with Crippen molar-refractivity contribution in [3.8, 4) is 5.75 Å². The van der Waals surface area contributed by atoms with Crippen LogP contribution in [0, 0.1) is 0 Å². The first kappa shape index (κ1) is 11.9. The van der Waals surface area contributed by atoms with Crippen molar-refractivity contribution < 1.29 is 9.53 Å². The number of aromatic nitrogens is 1. The highest BCUT2D eigenvalue weighted by molar-refractivity contribution is 5.78. The largest absolute Gasteiger partial charge is 0.493 e. The number of hydrogen-bond acceptors (Lipinski definition) is 4. The number of ether oxygens (including phenoxy) is 1. The average molecular weight is 234 g/mol. The molecule has 1 saturated heterocycles. The van der Waals surface area contributed by atoms with Gasteiger partial charge in [-0.15, -0.1) is 0 Å². The molecule has 4 nitrogen and oxygen atoms in total. The minimum Gasteiger partial charge on any atom is -0.493 e. The second kappa shape index (κ2) is 5.17. The Labute approximate surface area is 102 Å². The Morgan fingerprint density at radius 1 is 1.47 bits per heavy atom. The van der Waals surface area contributed by atoms with Gasteiger partial charge >= 0.3 is 0 Å². The number of ketones is 1. The van der Waals surface area contributed by atoms with Crippen molar-refractivity contribution in [2.75, 3.05) is 25.1 Å². The highest BCUT2D eigenvalue weighted by Gasteiger charge is 2.18. The van der Waals surface area contributed by atoms with Crippen LogP contribution in [0.1, 0.15) is 25.3 Å². The first-order valence-corrected chi connectivity index (χ1v) is 5.98. The SMILES string of the molecule is COc1cc(CC(C)=O)cnc1N1CCCC1. The van der Waals surface area contributed by atoms with E-state index in [0.717, 1.165) is 30.2 Å². The summed E-state index contributed by atoms with van der Waals surface area (Å²) in [6.45, 7) is 3.66. The monoisotopic (exact) mass is 234 g/mol. The first-order chi connectivity index (χ1) is 8.20. The zero-order chi connectivity index (χ0) is 12.3. The molecule has 1 fully saturated rings. The van der Waals surface area contributed by atoms with Gasteiger partial charge in [0.2, 0.25) is 0 Å². The Hall–Kier alpha value is -1.58. The number of nitrogens with zero attached hydrogens (tertiary/aromatic N) is 2. The van der Waals surface area contributed by atoms with E-state index >= 15 is 0 Å². The zero-order valence-corrected chi connectivity index (χ0v) is 10.4. The molecule has 1 aliphatic rings. The van der Waals surface area contributed by atoms with Gasteiger partial charge in [0, 0.05) is 25.7 Å². The van der Waals surface area contributed by atoms with Gasteiger partial charge in [0.25, 0.3) is 0 Å². The van der Waals surface area contributed by atoms with Crippen LogP contribution >= 0.6 is 0 Å². The van der Waals surface area contributed by atoms with E-state index in [1.54, 1.807) is 20.2 Å². The maximum absolute atomic E-state index is 11.1. The van der Waals surface area contributed by atoms with Gasteiger partial charge in [-0.05, 0) is 31.4 Å². The fourth-order valence-electron chi connectivity index (χ4n) is 2.18. The van der Waals surface area contributed by atoms with Gasteiger partial charge in [-0.2, -0.15) is 0 Å². The highest BCUT2D eigenvalue weighted by atomic mass is 16.5. The van der Waals surface area contributed by atoms with Crippen LogP contribution in [0.15, 0.2) is 12.3 Å². The number of rotatable bonds is 4. The van der Waals surface area contributed by atoms with Crippen LogP contribution in [-0.4, -0.2) is 31.0 Å². The molecule has 0 atom stereocenters. The van der Waals surface area contributed by atoms with Crippen LogP contribution in [0.25, 0.3) is 0 Å². The van der Waals surface area contributed by atoms with E-state index in [2.05, 4.69) is 9.88 Å². The summed E-state index contributed by atoms with van der Waals surface area (Å²) in [7, 11) is 1.65. The molecule has 0 aliphatic carbocycles. The van der Waals surface area contributed by atoms with Crippen LogP contribution in [0.3, 0.4) is 0 Å². The van der Waals surface area contributed by atoms with Crippen molar-refractivity contribution in [3.05, 3.63) is 17.8 Å². The van der Waals surface area contributed by atoms with E-state index in [1.807, 2.05) is 6.07 Å². The quantitative estimate of drug-likeness (QED) is 0.797. The van der Waals surface area contributed by atoms with Crippen LogP contribution < -0.4 is 9.64 Å². The second-order valence-electron chi connectivity index (χ2n) is 4.44. The Morgan fingerprint density at radius 2 is 2.18 bits per heavy atom. The molecule has 0 saturated carbocycles. The van der Waals surface area contributed by atoms with Crippen LogP contribution in [0.5, 0.6) is 5.75 Å². The lowest BCUT2D eigenvalue weighted by molar-refractivity contribution is -0.116. The number of methoxy groups -OCH3 is 1. The van der Waals surface area contributed by atoms with E-state index in [0.29, 0.717) is 6.42 Å². The fraction of sp³-hybridized carbons (Fsp3) is 0.538. The molecular weight excluding hydrogens is 216 g/mol. The number of anilines is 1. The van der Waals surface area contributed by atoms with E-state index in [4.69, 9.17) is 4.74 Å². The van der Waals surface area contributed by atoms with Gasteiger partial charge < -0.3 is 9.64 Å². The summed E-state index contributed by atoms with van der Waals surface area (Å²) in [5.74, 6) is 1.81. The summed E-state index contributed by atoms with van der Waals surface area (Å²) in [5, 5.41) is 0. The van der Waals surface area contributed by atoms with Crippen LogP contribution in [-0.2, 0) is 11.2 Å². The van der Waals surface area contributed by atoms with Crippen LogP contribution in [0.4, 0.5) is 5.82 Å². The summed E-state index contributed by atoms with van der Waals surface area (Å²) < 4.78 is 5.36. The van der Waals surface area contributed by atoms with Crippen molar-refractivity contribution in [1.82, 2.24) is 4.98 Å². The molecule has 17 heavy (non-hydrogen) atoms. The van der Waals surface area contributed by atoms with Crippen molar-refractivity contribution in [2.45, 2.75) is 26.2 Å². The number of pyridine rings is 1. The molecule has 0 unspecified atom stereocenters. The summed E-state index contributed by atoms with van der Waals surface area (Å²) in [6, 6.07) is 1.92. The normalized spacial score (nSPS) is 15.1. The van der Waals surface area contributed by atoms with Gasteiger partial charge in [-0.25, -0.2) is 4.98 Å². The Balaban J connectivity index is 2.24. The standard InChI is InChI=1S/C13H18N2O2/c1-10(16)7-11-8-12(17-2)13(14-9-11)15-5-3-4-6-15/h8-9H,3-7H2,1-2H3. The summed E-state index contributed by atoms with van der Waals surface area (Å²) in [5.41, 5.74) is 0.914. The molecule has 0 bridgehead atoms. The van der Waals surface area contributed by atoms with E-state index in [-0.39, 0.29) is 5.78 Å². The average Bonchev–Trinajstić information content (AvgIpc) is 2.81. The maximum atomic E-state index is 11.1. The molecule has 4 heteroatoms. The Kier molecular flexibility index (Phi) is 3.61. The van der Waals surface area contributed by atoms with Gasteiger partial charge in [0.05, 0.1) is 7.11 Å². The first-order valence-electron chi connectivity index (χ1n) is 5.98. The van der Waals surface area contributed by atoms with E-state index in [9.17, 15) is 4.79 Å². The molecule has 1 aromatic heterocycles. The van der Waals surface area contributed by atoms with Gasteiger partial charge in [0.15, 0.2) is 11.6 Å². The molecular formula is C13H18N2O2. The van der Waals surface area contributed by atoms with Gasteiger partial charge in [-0.3, -0.25) is 4.79 Å². The molecule has 1 aliphatic heterocycles. The van der Waals surface area contributed by atoms with E-state index in [1.165, 1.54) is 12.8 Å². The molecule has 2 heterocycles. The topological polar surface area (TPSA) is 42.4 Å². The highest BCUT2D eigenvalue weighted by Crippen LogP contribution is 2.29. The van der Waals surface area contributed by atoms with E-state index < -0.39 is 0 Å².